The van der Waals surface area contributed by atoms with E-state index in [1.54, 1.807) is 11.3 Å². The summed E-state index contributed by atoms with van der Waals surface area (Å²) in [6, 6.07) is 12.9. The Hall–Kier alpha value is -1.29. The predicted octanol–water partition coefficient (Wildman–Crippen LogP) is 4.98. The quantitative estimate of drug-likeness (QED) is 0.648. The Morgan fingerprint density at radius 3 is 2.87 bits per heavy atom. The molecule has 0 radical (unpaired) electrons. The normalized spacial score (nSPS) is 15.2. The number of nitrogens with zero attached hydrogens (tertiary/aromatic N) is 2. The number of likely N-dealkylation sites (N-methyl/N-ethyl adjacent to an activating group) is 1. The molecule has 3 aromatic rings. The Balaban J connectivity index is 1.61. The number of benzene rings is 1. The molecule has 4 rings (SSSR count). The summed E-state index contributed by atoms with van der Waals surface area (Å²) < 4.78 is 3.44. The molecule has 0 fully saturated rings. The maximum atomic E-state index is 6.30. The van der Waals surface area contributed by atoms with Crippen LogP contribution < -0.4 is 0 Å². The highest BCUT2D eigenvalue weighted by Crippen LogP contribution is 2.38. The van der Waals surface area contributed by atoms with Gasteiger partial charge in [-0.15, -0.1) is 11.3 Å². The summed E-state index contributed by atoms with van der Waals surface area (Å²) in [5, 5.41) is 1.38. The number of hydrogen-bond acceptors (Lipinski definition) is 2. The number of rotatable bonds is 4. The molecule has 2 aromatic heterocycles. The lowest BCUT2D eigenvalue weighted by atomic mass is 10.1. The minimum Gasteiger partial charge on any atom is -0.336 e. The molecular formula is C19H21ClN2S. The number of thiophene rings is 1. The third-order valence-corrected chi connectivity index (χ3v) is 6.06. The van der Waals surface area contributed by atoms with E-state index in [1.165, 1.54) is 33.5 Å². The first-order chi connectivity index (χ1) is 11.2. The molecule has 0 atom stereocenters. The summed E-state index contributed by atoms with van der Waals surface area (Å²) in [5.41, 5.74) is 4.46. The number of aromatic nitrogens is 1. The second kappa shape index (κ2) is 6.31. The maximum absolute atomic E-state index is 6.30. The lowest BCUT2D eigenvalue weighted by Crippen LogP contribution is -2.27. The zero-order chi connectivity index (χ0) is 15.8. The molecule has 4 heteroatoms. The first kappa shape index (κ1) is 15.3. The molecule has 120 valence electrons. The monoisotopic (exact) mass is 344 g/mol. The van der Waals surface area contributed by atoms with E-state index < -0.39 is 0 Å². The molecule has 0 N–H and O–H groups in total. The van der Waals surface area contributed by atoms with Gasteiger partial charge in [0.15, 0.2) is 0 Å². The van der Waals surface area contributed by atoms with Crippen molar-refractivity contribution in [3.8, 4) is 0 Å². The average molecular weight is 345 g/mol. The minimum absolute atomic E-state index is 0.905. The van der Waals surface area contributed by atoms with E-state index in [0.717, 1.165) is 36.8 Å². The van der Waals surface area contributed by atoms with Crippen molar-refractivity contribution in [3.63, 3.8) is 0 Å². The van der Waals surface area contributed by atoms with Crippen molar-refractivity contribution in [2.75, 3.05) is 13.6 Å². The second-order valence-corrected chi connectivity index (χ2v) is 8.09. The molecule has 3 heterocycles. The van der Waals surface area contributed by atoms with E-state index in [9.17, 15) is 0 Å². The van der Waals surface area contributed by atoms with Gasteiger partial charge in [-0.1, -0.05) is 41.9 Å². The van der Waals surface area contributed by atoms with Gasteiger partial charge < -0.3 is 9.47 Å². The van der Waals surface area contributed by atoms with Crippen molar-refractivity contribution in [2.45, 2.75) is 32.4 Å². The van der Waals surface area contributed by atoms with Gasteiger partial charge in [0.25, 0.3) is 0 Å². The molecule has 0 spiro atoms. The SMILES string of the molecule is CN1CCc2c(c3cc(Cl)sc3n2CCCc2ccccc2)C1. The molecule has 1 aliphatic heterocycles. The van der Waals surface area contributed by atoms with Gasteiger partial charge in [0, 0.05) is 37.1 Å². The molecule has 0 unspecified atom stereocenters. The van der Waals surface area contributed by atoms with Crippen LogP contribution in [-0.2, 0) is 25.9 Å². The van der Waals surface area contributed by atoms with Gasteiger partial charge in [0.1, 0.15) is 4.83 Å². The van der Waals surface area contributed by atoms with E-state index in [2.05, 4.69) is 52.9 Å². The van der Waals surface area contributed by atoms with Crippen LogP contribution >= 0.6 is 22.9 Å². The first-order valence-electron chi connectivity index (χ1n) is 8.24. The Bertz CT molecular complexity index is 819. The standard InChI is InChI=1S/C19H21ClN2S/c1-21-11-9-17-16(13-21)15-12-18(20)23-19(15)22(17)10-5-8-14-6-3-2-4-7-14/h2-4,6-7,12H,5,8-11,13H2,1H3. The molecular weight excluding hydrogens is 324 g/mol. The van der Waals surface area contributed by atoms with Gasteiger partial charge in [0.2, 0.25) is 0 Å². The summed E-state index contributed by atoms with van der Waals surface area (Å²) in [6.45, 7) is 3.28. The number of hydrogen-bond donors (Lipinski definition) is 0. The summed E-state index contributed by atoms with van der Waals surface area (Å²) in [7, 11) is 2.20. The Kier molecular flexibility index (Phi) is 4.18. The van der Waals surface area contributed by atoms with E-state index >= 15 is 0 Å². The van der Waals surface area contributed by atoms with Crippen LogP contribution in [0.5, 0.6) is 0 Å². The molecule has 1 aromatic carbocycles. The molecule has 0 aliphatic carbocycles. The summed E-state index contributed by atoms with van der Waals surface area (Å²) >= 11 is 8.03. The fourth-order valence-corrected chi connectivity index (χ4v) is 4.93. The summed E-state index contributed by atoms with van der Waals surface area (Å²) in [5.74, 6) is 0. The molecule has 0 bridgehead atoms. The van der Waals surface area contributed by atoms with Crippen LogP contribution in [0.3, 0.4) is 0 Å². The molecule has 0 amide bonds. The number of halogens is 1. The minimum atomic E-state index is 0.905. The predicted molar refractivity (Wildman–Crippen MR) is 99.6 cm³/mol. The van der Waals surface area contributed by atoms with Gasteiger partial charge in [-0.3, -0.25) is 0 Å². The maximum Gasteiger partial charge on any atom is 0.104 e. The number of aryl methyl sites for hydroxylation is 2. The Labute approximate surface area is 146 Å². The van der Waals surface area contributed by atoms with E-state index in [4.69, 9.17) is 11.6 Å². The van der Waals surface area contributed by atoms with Crippen molar-refractivity contribution in [3.05, 3.63) is 57.6 Å². The lowest BCUT2D eigenvalue weighted by Gasteiger charge is -2.24. The van der Waals surface area contributed by atoms with Gasteiger partial charge in [0.05, 0.1) is 4.34 Å². The smallest absolute Gasteiger partial charge is 0.104 e. The van der Waals surface area contributed by atoms with Crippen molar-refractivity contribution in [1.82, 2.24) is 9.47 Å². The van der Waals surface area contributed by atoms with E-state index in [0.29, 0.717) is 0 Å². The van der Waals surface area contributed by atoms with Gasteiger partial charge in [-0.25, -0.2) is 0 Å². The highest BCUT2D eigenvalue weighted by Gasteiger charge is 2.23. The zero-order valence-corrected chi connectivity index (χ0v) is 15.0. The van der Waals surface area contributed by atoms with Crippen molar-refractivity contribution < 1.29 is 0 Å². The molecule has 23 heavy (non-hydrogen) atoms. The van der Waals surface area contributed by atoms with Crippen LogP contribution in [0.1, 0.15) is 23.2 Å². The van der Waals surface area contributed by atoms with Crippen LogP contribution in [-0.4, -0.2) is 23.1 Å². The molecule has 1 aliphatic rings. The molecule has 0 saturated carbocycles. The van der Waals surface area contributed by atoms with Crippen LogP contribution in [0.4, 0.5) is 0 Å². The summed E-state index contributed by atoms with van der Waals surface area (Å²) in [4.78, 5) is 3.77. The highest BCUT2D eigenvalue weighted by atomic mass is 35.5. The average Bonchev–Trinajstić information content (AvgIpc) is 3.05. The third kappa shape index (κ3) is 2.93. The Morgan fingerprint density at radius 2 is 2.04 bits per heavy atom. The Morgan fingerprint density at radius 1 is 1.22 bits per heavy atom. The third-order valence-electron chi connectivity index (χ3n) is 4.78. The summed E-state index contributed by atoms with van der Waals surface area (Å²) in [6.07, 6.45) is 3.45. The lowest BCUT2D eigenvalue weighted by molar-refractivity contribution is 0.309. The molecule has 2 nitrogen and oxygen atoms in total. The first-order valence-corrected chi connectivity index (χ1v) is 9.43. The number of fused-ring (bicyclic) bond motifs is 3. The fourth-order valence-electron chi connectivity index (χ4n) is 3.64. The van der Waals surface area contributed by atoms with Crippen molar-refractivity contribution in [2.24, 2.45) is 0 Å². The van der Waals surface area contributed by atoms with E-state index in [-0.39, 0.29) is 0 Å². The highest BCUT2D eigenvalue weighted by molar-refractivity contribution is 7.22. The van der Waals surface area contributed by atoms with Gasteiger partial charge in [-0.05, 0) is 37.1 Å². The van der Waals surface area contributed by atoms with Gasteiger partial charge in [-0.2, -0.15) is 0 Å². The van der Waals surface area contributed by atoms with Crippen LogP contribution in [0.15, 0.2) is 36.4 Å². The fraction of sp³-hybridized carbons (Fsp3) is 0.368. The van der Waals surface area contributed by atoms with Crippen molar-refractivity contribution >= 4 is 33.2 Å². The largest absolute Gasteiger partial charge is 0.336 e. The van der Waals surface area contributed by atoms with Crippen LogP contribution in [0.25, 0.3) is 10.2 Å². The van der Waals surface area contributed by atoms with Crippen LogP contribution in [0, 0.1) is 0 Å². The van der Waals surface area contributed by atoms with E-state index in [1.807, 2.05) is 0 Å². The van der Waals surface area contributed by atoms with Crippen molar-refractivity contribution in [1.29, 1.82) is 0 Å². The molecule has 0 saturated heterocycles. The second-order valence-electron chi connectivity index (χ2n) is 6.42. The van der Waals surface area contributed by atoms with Crippen LogP contribution in [0.2, 0.25) is 4.34 Å². The topological polar surface area (TPSA) is 8.17 Å². The van der Waals surface area contributed by atoms with Gasteiger partial charge >= 0.3 is 0 Å². The zero-order valence-electron chi connectivity index (χ0n) is 13.4.